The van der Waals surface area contributed by atoms with Crippen LogP contribution < -0.4 is 5.32 Å². The van der Waals surface area contributed by atoms with Crippen molar-refractivity contribution in [3.8, 4) is 16.9 Å². The average molecular weight is 527 g/mol. The highest BCUT2D eigenvalue weighted by Gasteiger charge is 2.16. The highest BCUT2D eigenvalue weighted by Crippen LogP contribution is 2.37. The second-order valence-corrected chi connectivity index (χ2v) is 10.5. The van der Waals surface area contributed by atoms with Gasteiger partial charge in [0.2, 0.25) is 0 Å². The minimum Gasteiger partial charge on any atom is -0.507 e. The molecule has 0 aliphatic carbocycles. The monoisotopic (exact) mass is 525 g/mol. The van der Waals surface area contributed by atoms with E-state index in [2.05, 4.69) is 50.4 Å². The minimum atomic E-state index is -0.0508. The number of halogens is 4. The molecule has 0 atom stereocenters. The molecule has 0 unspecified atom stereocenters. The third-order valence-electron chi connectivity index (χ3n) is 5.38. The molecule has 0 aromatic heterocycles. The van der Waals surface area contributed by atoms with E-state index in [1.54, 1.807) is 6.07 Å². The summed E-state index contributed by atoms with van der Waals surface area (Å²) in [4.78, 5) is 0. The topological polar surface area (TPSA) is 32.3 Å². The maximum Gasteiger partial charge on any atom is 0.127 e. The molecule has 0 heterocycles. The molecule has 0 amide bonds. The first-order valence-electron chi connectivity index (χ1n) is 10.9. The fraction of sp³-hybridized carbons (Fsp3) is 0.333. The Labute approximate surface area is 218 Å². The van der Waals surface area contributed by atoms with Crippen molar-refractivity contribution in [2.75, 3.05) is 0 Å². The maximum atomic E-state index is 11.0. The Balaban J connectivity index is 0.00000385. The van der Waals surface area contributed by atoms with E-state index in [0.717, 1.165) is 47.4 Å². The van der Waals surface area contributed by atoms with E-state index < -0.39 is 0 Å². The normalized spacial score (nSPS) is 11.3. The smallest absolute Gasteiger partial charge is 0.127 e. The van der Waals surface area contributed by atoms with Crippen molar-refractivity contribution in [3.63, 3.8) is 0 Å². The van der Waals surface area contributed by atoms with E-state index in [1.165, 1.54) is 11.1 Å². The van der Waals surface area contributed by atoms with Crippen LogP contribution in [0.4, 0.5) is 0 Å². The van der Waals surface area contributed by atoms with Gasteiger partial charge in [-0.3, -0.25) is 0 Å². The van der Waals surface area contributed by atoms with Crippen molar-refractivity contribution in [1.82, 2.24) is 5.32 Å². The van der Waals surface area contributed by atoms with Crippen LogP contribution in [0.5, 0.6) is 5.75 Å². The molecule has 0 bridgehead atoms. The van der Waals surface area contributed by atoms with Crippen LogP contribution in [0.3, 0.4) is 0 Å². The quantitative estimate of drug-likeness (QED) is 0.287. The van der Waals surface area contributed by atoms with Crippen LogP contribution in [0.1, 0.15) is 50.3 Å². The Hall–Kier alpha value is -1.42. The van der Waals surface area contributed by atoms with E-state index in [4.69, 9.17) is 34.8 Å². The second kappa shape index (κ2) is 12.3. The molecule has 3 aromatic rings. The van der Waals surface area contributed by atoms with Gasteiger partial charge in [-0.15, -0.1) is 12.4 Å². The van der Waals surface area contributed by atoms with E-state index in [1.807, 2.05) is 24.3 Å². The number of phenols is 1. The van der Waals surface area contributed by atoms with Gasteiger partial charge in [0.1, 0.15) is 5.75 Å². The van der Waals surface area contributed by atoms with Crippen LogP contribution >= 0.6 is 47.2 Å². The lowest BCUT2D eigenvalue weighted by Gasteiger charge is -2.22. The summed E-state index contributed by atoms with van der Waals surface area (Å²) in [5.41, 5.74) is 4.97. The number of hydrogen-bond donors (Lipinski definition) is 2. The minimum absolute atomic E-state index is 0. The Bertz CT molecular complexity index is 1060. The molecule has 6 heteroatoms. The van der Waals surface area contributed by atoms with Crippen molar-refractivity contribution in [3.05, 3.63) is 86.4 Å². The molecule has 2 N–H and O–H groups in total. The first kappa shape index (κ1) is 27.8. The standard InChI is InChI=1S/C27H30Cl3NO.ClH/c1-27(2,3)31-17-21-14-19(7-5-4-6-18-8-11-22(28)12-9-18)15-23(26(21)32)20-10-13-24(29)25(30)16-20;/h8-16,31-32H,4-7,17H2,1-3H3;1H. The third kappa shape index (κ3) is 8.38. The summed E-state index contributed by atoms with van der Waals surface area (Å²) < 4.78 is 0. The first-order valence-corrected chi connectivity index (χ1v) is 12.1. The molecule has 33 heavy (non-hydrogen) atoms. The van der Waals surface area contributed by atoms with E-state index in [-0.39, 0.29) is 23.7 Å². The molecule has 0 spiro atoms. The van der Waals surface area contributed by atoms with Crippen molar-refractivity contribution in [2.45, 2.75) is 58.5 Å². The zero-order valence-electron chi connectivity index (χ0n) is 19.2. The molecule has 0 radical (unpaired) electrons. The van der Waals surface area contributed by atoms with Gasteiger partial charge in [0.15, 0.2) is 0 Å². The molecule has 2 nitrogen and oxygen atoms in total. The fourth-order valence-corrected chi connectivity index (χ4v) is 4.02. The summed E-state index contributed by atoms with van der Waals surface area (Å²) in [6, 6.07) is 17.7. The molecule has 0 saturated heterocycles. The van der Waals surface area contributed by atoms with Crippen molar-refractivity contribution in [2.24, 2.45) is 0 Å². The van der Waals surface area contributed by atoms with Crippen molar-refractivity contribution < 1.29 is 5.11 Å². The molecular weight excluding hydrogens is 496 g/mol. The number of nitrogens with one attached hydrogen (secondary N) is 1. The van der Waals surface area contributed by atoms with Crippen LogP contribution in [0.15, 0.2) is 54.6 Å². The summed E-state index contributed by atoms with van der Waals surface area (Å²) >= 11 is 18.3. The maximum absolute atomic E-state index is 11.0. The number of phenolic OH excluding ortho intramolecular Hbond substituents is 1. The van der Waals surface area contributed by atoms with E-state index in [0.29, 0.717) is 16.6 Å². The van der Waals surface area contributed by atoms with Crippen molar-refractivity contribution in [1.29, 1.82) is 0 Å². The number of aryl methyl sites for hydroxylation is 2. The molecular formula is C27H31Cl4NO. The Morgan fingerprint density at radius 3 is 2.03 bits per heavy atom. The predicted octanol–water partition coefficient (Wildman–Crippen LogP) is 8.89. The van der Waals surface area contributed by atoms with Crippen LogP contribution in [0, 0.1) is 0 Å². The van der Waals surface area contributed by atoms with Crippen molar-refractivity contribution >= 4 is 47.2 Å². The van der Waals surface area contributed by atoms with Gasteiger partial charge in [0.25, 0.3) is 0 Å². The molecule has 178 valence electrons. The van der Waals surface area contributed by atoms with Gasteiger partial charge in [-0.05, 0) is 93.5 Å². The third-order valence-corrected chi connectivity index (χ3v) is 6.37. The molecule has 3 rings (SSSR count). The largest absolute Gasteiger partial charge is 0.507 e. The number of benzene rings is 3. The lowest BCUT2D eigenvalue weighted by molar-refractivity contribution is 0.412. The van der Waals surface area contributed by atoms with Crippen LogP contribution in [0.25, 0.3) is 11.1 Å². The second-order valence-electron chi connectivity index (χ2n) is 9.22. The lowest BCUT2D eigenvalue weighted by Crippen LogP contribution is -2.35. The Kier molecular flexibility index (Phi) is 10.4. The van der Waals surface area contributed by atoms with Gasteiger partial charge < -0.3 is 10.4 Å². The zero-order valence-corrected chi connectivity index (χ0v) is 22.3. The van der Waals surface area contributed by atoms with Gasteiger partial charge in [-0.1, -0.05) is 59.1 Å². The van der Waals surface area contributed by atoms with E-state index in [9.17, 15) is 5.11 Å². The molecule has 3 aromatic carbocycles. The number of aromatic hydroxyl groups is 1. The van der Waals surface area contributed by atoms with E-state index >= 15 is 0 Å². The fourth-order valence-electron chi connectivity index (χ4n) is 3.59. The zero-order chi connectivity index (χ0) is 23.3. The highest BCUT2D eigenvalue weighted by atomic mass is 35.5. The Morgan fingerprint density at radius 1 is 0.788 bits per heavy atom. The number of unbranched alkanes of at least 4 members (excludes halogenated alkanes) is 1. The molecule has 0 aliphatic heterocycles. The number of hydrogen-bond acceptors (Lipinski definition) is 2. The summed E-state index contributed by atoms with van der Waals surface area (Å²) in [5, 5.41) is 16.3. The lowest BCUT2D eigenvalue weighted by atomic mass is 9.95. The Morgan fingerprint density at radius 2 is 1.42 bits per heavy atom. The van der Waals surface area contributed by atoms with Gasteiger partial charge in [-0.25, -0.2) is 0 Å². The highest BCUT2D eigenvalue weighted by molar-refractivity contribution is 6.42. The van der Waals surface area contributed by atoms with Gasteiger partial charge >= 0.3 is 0 Å². The van der Waals surface area contributed by atoms with Gasteiger partial charge in [-0.2, -0.15) is 0 Å². The summed E-state index contributed by atoms with van der Waals surface area (Å²) in [5.74, 6) is 0.282. The number of rotatable bonds is 8. The summed E-state index contributed by atoms with van der Waals surface area (Å²) in [6.07, 6.45) is 4.10. The molecule has 0 saturated carbocycles. The average Bonchev–Trinajstić information content (AvgIpc) is 2.74. The molecule has 0 aliphatic rings. The predicted molar refractivity (Wildman–Crippen MR) is 145 cm³/mol. The SMILES string of the molecule is CC(C)(C)NCc1cc(CCCCc2ccc(Cl)cc2)cc(-c2ccc(Cl)c(Cl)c2)c1O.Cl. The van der Waals surface area contributed by atoms with Gasteiger partial charge in [0, 0.05) is 28.2 Å². The summed E-state index contributed by atoms with van der Waals surface area (Å²) in [6.45, 7) is 6.93. The molecule has 0 fully saturated rings. The van der Waals surface area contributed by atoms with Crippen LogP contribution in [-0.2, 0) is 19.4 Å². The van der Waals surface area contributed by atoms with Crippen LogP contribution in [0.2, 0.25) is 15.1 Å². The van der Waals surface area contributed by atoms with Gasteiger partial charge in [0.05, 0.1) is 10.0 Å². The first-order chi connectivity index (χ1) is 15.1. The van der Waals surface area contributed by atoms with Crippen LogP contribution in [-0.4, -0.2) is 10.6 Å². The summed E-state index contributed by atoms with van der Waals surface area (Å²) in [7, 11) is 0.